The van der Waals surface area contributed by atoms with Crippen LogP contribution in [0.1, 0.15) is 58.2 Å². The average molecular weight is 238 g/mol. The second kappa shape index (κ2) is 4.69. The predicted molar refractivity (Wildman–Crippen MR) is 73.9 cm³/mol. The van der Waals surface area contributed by atoms with Gasteiger partial charge in [0, 0.05) is 5.56 Å². The van der Waals surface area contributed by atoms with E-state index in [2.05, 4.69) is 48.5 Å². The lowest BCUT2D eigenvalue weighted by Gasteiger charge is -2.32. The molecule has 98 valence electrons. The van der Waals surface area contributed by atoms with Crippen LogP contribution < -0.4 is 0 Å². The van der Waals surface area contributed by atoms with Gasteiger partial charge >= 0.3 is 0 Å². The van der Waals surface area contributed by atoms with Crippen LogP contribution in [0.15, 0.2) is 12.1 Å². The number of hydrogen-bond donors (Lipinski definition) is 1. The number of phenols is 1. The summed E-state index contributed by atoms with van der Waals surface area (Å²) in [4.78, 5) is 0. The molecule has 1 aromatic carbocycles. The minimum absolute atomic E-state index is 0. The molecule has 0 saturated carbocycles. The van der Waals surface area contributed by atoms with Crippen molar-refractivity contribution in [2.45, 2.75) is 59.3 Å². The van der Waals surface area contributed by atoms with Gasteiger partial charge in [0.2, 0.25) is 0 Å². The number of rotatable bonds is 0. The van der Waals surface area contributed by atoms with Crippen LogP contribution in [0.3, 0.4) is 0 Å². The molecule has 1 aromatic rings. The first-order chi connectivity index (χ1) is 7.05. The highest BCUT2D eigenvalue weighted by molar-refractivity contribution is 5.50. The average Bonchev–Trinajstić information content (AvgIpc) is 2.04. The Labute approximate surface area is 105 Å². The smallest absolute Gasteiger partial charge is 0.119 e. The number of benzene rings is 1. The van der Waals surface area contributed by atoms with Crippen molar-refractivity contribution in [2.24, 2.45) is 0 Å². The van der Waals surface area contributed by atoms with E-state index in [0.29, 0.717) is 5.75 Å². The monoisotopic (exact) mass is 238 g/mol. The van der Waals surface area contributed by atoms with Crippen molar-refractivity contribution in [2.75, 3.05) is 0 Å². The zero-order valence-electron chi connectivity index (χ0n) is 12.1. The minimum atomic E-state index is -0.0291. The van der Waals surface area contributed by atoms with Crippen LogP contribution in [-0.4, -0.2) is 10.6 Å². The van der Waals surface area contributed by atoms with Crippen LogP contribution in [0.25, 0.3) is 0 Å². The molecular formula is C15H26O2. The van der Waals surface area contributed by atoms with Gasteiger partial charge in [-0.3, -0.25) is 0 Å². The summed E-state index contributed by atoms with van der Waals surface area (Å²) in [5.74, 6) is 0.419. The quantitative estimate of drug-likeness (QED) is 0.739. The van der Waals surface area contributed by atoms with Crippen molar-refractivity contribution in [1.82, 2.24) is 0 Å². The highest BCUT2D eigenvalue weighted by Crippen LogP contribution is 2.40. The Morgan fingerprint density at radius 2 is 1.24 bits per heavy atom. The molecule has 0 aliphatic heterocycles. The van der Waals surface area contributed by atoms with Gasteiger partial charge in [-0.05, 0) is 34.9 Å². The molecule has 1 rings (SSSR count). The molecule has 0 fully saturated rings. The van der Waals surface area contributed by atoms with E-state index in [1.165, 1.54) is 11.1 Å². The molecule has 0 radical (unpaired) electrons. The minimum Gasteiger partial charge on any atom is -0.508 e. The van der Waals surface area contributed by atoms with Crippen molar-refractivity contribution in [3.63, 3.8) is 0 Å². The lowest BCUT2D eigenvalue weighted by molar-refractivity contribution is 0.434. The first-order valence-electron chi connectivity index (χ1n) is 5.88. The van der Waals surface area contributed by atoms with Gasteiger partial charge in [-0.15, -0.1) is 0 Å². The van der Waals surface area contributed by atoms with E-state index in [9.17, 15) is 5.11 Å². The zero-order chi connectivity index (χ0) is 12.7. The molecule has 0 aliphatic rings. The lowest BCUT2D eigenvalue weighted by atomic mass is 9.73. The van der Waals surface area contributed by atoms with Crippen molar-refractivity contribution in [3.8, 4) is 5.75 Å². The Kier molecular flexibility index (Phi) is 4.41. The van der Waals surface area contributed by atoms with Crippen LogP contribution in [-0.2, 0) is 10.8 Å². The zero-order valence-corrected chi connectivity index (χ0v) is 12.1. The molecule has 2 heteroatoms. The Balaban J connectivity index is 0.00000256. The van der Waals surface area contributed by atoms with E-state index in [0.717, 1.165) is 5.56 Å². The number of aromatic hydroxyl groups is 1. The van der Waals surface area contributed by atoms with E-state index < -0.39 is 0 Å². The van der Waals surface area contributed by atoms with E-state index in [-0.39, 0.29) is 16.3 Å². The van der Waals surface area contributed by atoms with Crippen molar-refractivity contribution < 1.29 is 10.6 Å². The maximum Gasteiger partial charge on any atom is 0.119 e. The van der Waals surface area contributed by atoms with Gasteiger partial charge in [-0.2, -0.15) is 0 Å². The molecular weight excluding hydrogens is 212 g/mol. The summed E-state index contributed by atoms with van der Waals surface area (Å²) >= 11 is 0. The molecule has 17 heavy (non-hydrogen) atoms. The summed E-state index contributed by atoms with van der Waals surface area (Å²) in [6, 6.07) is 3.82. The number of phenolic OH excluding ortho intramolecular Hbond substituents is 1. The highest BCUT2D eigenvalue weighted by Gasteiger charge is 2.29. The summed E-state index contributed by atoms with van der Waals surface area (Å²) < 4.78 is 0. The fraction of sp³-hybridized carbons (Fsp3) is 0.600. The number of aryl methyl sites for hydroxylation is 1. The second-order valence-electron chi connectivity index (χ2n) is 6.65. The van der Waals surface area contributed by atoms with Crippen LogP contribution in [0.4, 0.5) is 0 Å². The molecule has 0 bridgehead atoms. The third-order valence-corrected chi connectivity index (χ3v) is 2.89. The fourth-order valence-corrected chi connectivity index (χ4v) is 2.42. The molecule has 0 atom stereocenters. The topological polar surface area (TPSA) is 51.7 Å². The third-order valence-electron chi connectivity index (χ3n) is 2.89. The van der Waals surface area contributed by atoms with E-state index in [4.69, 9.17) is 0 Å². The first kappa shape index (κ1) is 16.0. The molecule has 2 nitrogen and oxygen atoms in total. The maximum atomic E-state index is 10.1. The summed E-state index contributed by atoms with van der Waals surface area (Å²) in [5, 5.41) is 10.1. The van der Waals surface area contributed by atoms with Gasteiger partial charge in [0.05, 0.1) is 0 Å². The summed E-state index contributed by atoms with van der Waals surface area (Å²) in [6.45, 7) is 15.2. The van der Waals surface area contributed by atoms with Crippen LogP contribution >= 0.6 is 0 Å². The SMILES string of the molecule is Cc1ccc(O)c(C(C)(C)C)c1C(C)(C)C.O. The molecule has 0 amide bonds. The molecule has 0 unspecified atom stereocenters. The summed E-state index contributed by atoms with van der Waals surface area (Å²) in [6.07, 6.45) is 0. The Hall–Kier alpha value is -1.02. The maximum absolute atomic E-state index is 10.1. The molecule has 0 aromatic heterocycles. The molecule has 0 spiro atoms. The summed E-state index contributed by atoms with van der Waals surface area (Å²) in [5.41, 5.74) is 3.65. The van der Waals surface area contributed by atoms with Gasteiger partial charge < -0.3 is 10.6 Å². The van der Waals surface area contributed by atoms with Gasteiger partial charge in [0.1, 0.15) is 5.75 Å². The van der Waals surface area contributed by atoms with Gasteiger partial charge in [0.25, 0.3) is 0 Å². The molecule has 0 saturated heterocycles. The standard InChI is InChI=1S/C15H24O.H2O/c1-10-8-9-11(16)13(15(5,6)7)12(10)14(2,3)4;/h8-9,16H,1-7H3;1H2. The molecule has 0 heterocycles. The lowest BCUT2D eigenvalue weighted by Crippen LogP contribution is -2.23. The largest absolute Gasteiger partial charge is 0.508 e. The Morgan fingerprint density at radius 3 is 1.53 bits per heavy atom. The number of hydrogen-bond acceptors (Lipinski definition) is 1. The van der Waals surface area contributed by atoms with Gasteiger partial charge in [-0.25, -0.2) is 0 Å². The first-order valence-corrected chi connectivity index (χ1v) is 5.88. The van der Waals surface area contributed by atoms with Crippen LogP contribution in [0.2, 0.25) is 0 Å². The van der Waals surface area contributed by atoms with Crippen molar-refractivity contribution in [3.05, 3.63) is 28.8 Å². The van der Waals surface area contributed by atoms with Crippen molar-refractivity contribution >= 4 is 0 Å². The van der Waals surface area contributed by atoms with E-state index in [1.807, 2.05) is 12.1 Å². The van der Waals surface area contributed by atoms with E-state index in [1.54, 1.807) is 0 Å². The second-order valence-corrected chi connectivity index (χ2v) is 6.65. The van der Waals surface area contributed by atoms with E-state index >= 15 is 0 Å². The van der Waals surface area contributed by atoms with Crippen LogP contribution in [0, 0.1) is 6.92 Å². The van der Waals surface area contributed by atoms with Gasteiger partial charge in [0.15, 0.2) is 0 Å². The Bertz CT molecular complexity index is 354. The summed E-state index contributed by atoms with van der Waals surface area (Å²) in [7, 11) is 0. The highest BCUT2D eigenvalue weighted by atomic mass is 16.3. The molecule has 3 N–H and O–H groups in total. The van der Waals surface area contributed by atoms with Crippen LogP contribution in [0.5, 0.6) is 5.75 Å². The molecule has 0 aliphatic carbocycles. The van der Waals surface area contributed by atoms with Crippen molar-refractivity contribution in [1.29, 1.82) is 0 Å². The normalized spacial score (nSPS) is 12.2. The Morgan fingerprint density at radius 1 is 0.824 bits per heavy atom. The van der Waals surface area contributed by atoms with Gasteiger partial charge in [-0.1, -0.05) is 47.6 Å². The fourth-order valence-electron chi connectivity index (χ4n) is 2.42. The third kappa shape index (κ3) is 3.22. The predicted octanol–water partition coefficient (Wildman–Crippen LogP) is 3.47.